The molecule has 0 radical (unpaired) electrons. The maximum absolute atomic E-state index is 11.3. The second-order valence-electron chi connectivity index (χ2n) is 3.28. The summed E-state index contributed by atoms with van der Waals surface area (Å²) in [5, 5.41) is 0. The lowest BCUT2D eigenvalue weighted by atomic mass is 10.1. The van der Waals surface area contributed by atoms with Crippen LogP contribution in [0.1, 0.15) is 30.0 Å². The van der Waals surface area contributed by atoms with Gasteiger partial charge in [-0.3, -0.25) is 9.59 Å². The van der Waals surface area contributed by atoms with E-state index in [0.717, 1.165) is 6.07 Å². The molecule has 92 valence electrons. The fraction of sp³-hybridized carbons (Fsp3) is 0.364. The Morgan fingerprint density at radius 1 is 1.35 bits per heavy atom. The Kier molecular flexibility index (Phi) is 4.03. The zero-order valence-electron chi connectivity index (χ0n) is 9.73. The van der Waals surface area contributed by atoms with Crippen molar-refractivity contribution in [3.05, 3.63) is 27.8 Å². The van der Waals surface area contributed by atoms with Gasteiger partial charge in [0.25, 0.3) is 0 Å². The summed E-state index contributed by atoms with van der Waals surface area (Å²) in [7, 11) is 1.34. The fourth-order valence-corrected chi connectivity index (χ4v) is 1.27. The molecule has 0 amide bonds. The quantitative estimate of drug-likeness (QED) is 0.574. The molecule has 0 saturated heterocycles. The third-order valence-corrected chi connectivity index (χ3v) is 1.98. The third-order valence-electron chi connectivity index (χ3n) is 1.98. The minimum absolute atomic E-state index is 0.157. The van der Waals surface area contributed by atoms with Crippen molar-refractivity contribution in [2.75, 3.05) is 7.11 Å². The van der Waals surface area contributed by atoms with Gasteiger partial charge in [0.05, 0.1) is 18.7 Å². The van der Waals surface area contributed by atoms with E-state index in [1.165, 1.54) is 21.0 Å². The average molecular weight is 240 g/mol. The molecule has 0 atom stereocenters. The van der Waals surface area contributed by atoms with Crippen LogP contribution in [0.3, 0.4) is 0 Å². The van der Waals surface area contributed by atoms with Crippen molar-refractivity contribution >= 4 is 11.8 Å². The lowest BCUT2D eigenvalue weighted by Gasteiger charge is -2.10. The van der Waals surface area contributed by atoms with E-state index < -0.39 is 17.4 Å². The Hall–Kier alpha value is -2.11. The maximum atomic E-state index is 11.3. The molecule has 1 aromatic heterocycles. The number of carbonyl (C=O) groups is 2. The molecular formula is C11H12O6. The predicted molar refractivity (Wildman–Crippen MR) is 57.0 cm³/mol. The van der Waals surface area contributed by atoms with Gasteiger partial charge < -0.3 is 13.9 Å². The van der Waals surface area contributed by atoms with Crippen molar-refractivity contribution in [3.63, 3.8) is 0 Å². The van der Waals surface area contributed by atoms with Crippen LogP contribution >= 0.6 is 0 Å². The summed E-state index contributed by atoms with van der Waals surface area (Å²) in [6, 6.07) is 1.09. The van der Waals surface area contributed by atoms with Gasteiger partial charge in [-0.1, -0.05) is 0 Å². The van der Waals surface area contributed by atoms with Crippen LogP contribution < -0.4 is 10.4 Å². The first-order valence-corrected chi connectivity index (χ1v) is 4.81. The largest absolute Gasteiger partial charge is 0.496 e. The van der Waals surface area contributed by atoms with E-state index in [1.807, 2.05) is 0 Å². The van der Waals surface area contributed by atoms with Crippen LogP contribution in [0.25, 0.3) is 0 Å². The number of rotatable bonds is 4. The van der Waals surface area contributed by atoms with Crippen molar-refractivity contribution in [2.24, 2.45) is 0 Å². The molecule has 6 heteroatoms. The number of ketones is 1. The topological polar surface area (TPSA) is 82.8 Å². The molecule has 0 aliphatic rings. The molecule has 17 heavy (non-hydrogen) atoms. The smallest absolute Gasteiger partial charge is 0.340 e. The van der Waals surface area contributed by atoms with Crippen LogP contribution in [0.15, 0.2) is 15.3 Å². The number of esters is 1. The van der Waals surface area contributed by atoms with Crippen LogP contribution in [0.5, 0.6) is 5.75 Å². The lowest BCUT2D eigenvalue weighted by Crippen LogP contribution is -2.12. The average Bonchev–Trinajstić information content (AvgIpc) is 2.25. The third kappa shape index (κ3) is 3.17. The molecule has 1 rings (SSSR count). The highest BCUT2D eigenvalue weighted by Gasteiger charge is 2.18. The van der Waals surface area contributed by atoms with Gasteiger partial charge in [-0.15, -0.1) is 0 Å². The standard InChI is InChI=1S/C11H12O6/c1-6(12)11-8(5-16-7(2)13)9(15-3)4-10(14)17-11/h4H,5H2,1-3H3. The van der Waals surface area contributed by atoms with Crippen molar-refractivity contribution in [1.29, 1.82) is 0 Å². The molecule has 0 bridgehead atoms. The molecule has 0 aliphatic heterocycles. The Morgan fingerprint density at radius 2 is 2.00 bits per heavy atom. The Morgan fingerprint density at radius 3 is 2.47 bits per heavy atom. The van der Waals surface area contributed by atoms with Crippen LogP contribution in [-0.2, 0) is 16.1 Å². The van der Waals surface area contributed by atoms with Gasteiger partial charge in [-0.2, -0.15) is 0 Å². The summed E-state index contributed by atoms with van der Waals surface area (Å²) in [5.41, 5.74) is -0.451. The normalized spacial score (nSPS) is 9.82. The summed E-state index contributed by atoms with van der Waals surface area (Å²) in [5.74, 6) is -0.945. The summed E-state index contributed by atoms with van der Waals surface area (Å²) in [6.45, 7) is 2.30. The molecule has 0 N–H and O–H groups in total. The van der Waals surface area contributed by atoms with E-state index in [-0.39, 0.29) is 23.7 Å². The first-order chi connectivity index (χ1) is 7.95. The van der Waals surface area contributed by atoms with E-state index in [4.69, 9.17) is 13.9 Å². The predicted octanol–water partition coefficient (Wildman–Crippen LogP) is 0.914. The highest BCUT2D eigenvalue weighted by Crippen LogP contribution is 2.21. The molecule has 0 aromatic carbocycles. The van der Waals surface area contributed by atoms with Crippen LogP contribution in [0.4, 0.5) is 0 Å². The molecule has 1 heterocycles. The van der Waals surface area contributed by atoms with Gasteiger partial charge in [0.15, 0.2) is 11.5 Å². The van der Waals surface area contributed by atoms with E-state index in [9.17, 15) is 14.4 Å². The van der Waals surface area contributed by atoms with Gasteiger partial charge in [0.1, 0.15) is 12.4 Å². The zero-order chi connectivity index (χ0) is 13.0. The number of hydrogen-bond acceptors (Lipinski definition) is 6. The number of ether oxygens (including phenoxy) is 2. The molecule has 6 nitrogen and oxygen atoms in total. The van der Waals surface area contributed by atoms with Crippen molar-refractivity contribution in [3.8, 4) is 5.75 Å². The summed E-state index contributed by atoms with van der Waals surface area (Å²) >= 11 is 0. The monoisotopic (exact) mass is 240 g/mol. The number of hydrogen-bond donors (Lipinski definition) is 0. The highest BCUT2D eigenvalue weighted by molar-refractivity contribution is 5.93. The van der Waals surface area contributed by atoms with E-state index in [0.29, 0.717) is 0 Å². The number of carbonyl (C=O) groups excluding carboxylic acids is 2. The van der Waals surface area contributed by atoms with Gasteiger partial charge in [-0.25, -0.2) is 4.79 Å². The molecule has 1 aromatic rings. The molecule has 0 unspecified atom stereocenters. The van der Waals surface area contributed by atoms with E-state index in [1.54, 1.807) is 0 Å². The van der Waals surface area contributed by atoms with Gasteiger partial charge in [-0.05, 0) is 0 Å². The SMILES string of the molecule is COc1cc(=O)oc(C(C)=O)c1COC(C)=O. The Balaban J connectivity index is 3.26. The summed E-state index contributed by atoms with van der Waals surface area (Å²) in [6.07, 6.45) is 0. The van der Waals surface area contributed by atoms with Gasteiger partial charge in [0, 0.05) is 13.8 Å². The molecule has 0 saturated carbocycles. The highest BCUT2D eigenvalue weighted by atomic mass is 16.5. The summed E-state index contributed by atoms with van der Waals surface area (Å²) in [4.78, 5) is 33.2. The molecular weight excluding hydrogens is 228 g/mol. The molecule has 0 spiro atoms. The number of methoxy groups -OCH3 is 1. The van der Waals surface area contributed by atoms with Crippen LogP contribution in [-0.4, -0.2) is 18.9 Å². The fourth-order valence-electron chi connectivity index (χ4n) is 1.27. The Labute approximate surface area is 97.1 Å². The molecule has 0 aliphatic carbocycles. The van der Waals surface area contributed by atoms with E-state index >= 15 is 0 Å². The van der Waals surface area contributed by atoms with E-state index in [2.05, 4.69) is 0 Å². The second kappa shape index (κ2) is 5.29. The van der Waals surface area contributed by atoms with Gasteiger partial charge >= 0.3 is 11.6 Å². The zero-order valence-corrected chi connectivity index (χ0v) is 9.73. The van der Waals surface area contributed by atoms with Crippen molar-refractivity contribution in [2.45, 2.75) is 20.5 Å². The van der Waals surface area contributed by atoms with Gasteiger partial charge in [0.2, 0.25) is 0 Å². The van der Waals surface area contributed by atoms with Crippen molar-refractivity contribution < 1.29 is 23.5 Å². The first kappa shape index (κ1) is 13.0. The minimum Gasteiger partial charge on any atom is -0.496 e. The minimum atomic E-state index is -0.696. The maximum Gasteiger partial charge on any atom is 0.340 e. The van der Waals surface area contributed by atoms with Crippen LogP contribution in [0.2, 0.25) is 0 Å². The summed E-state index contributed by atoms with van der Waals surface area (Å²) < 4.78 is 14.5. The second-order valence-corrected chi connectivity index (χ2v) is 3.28. The first-order valence-electron chi connectivity index (χ1n) is 4.81. The van der Waals surface area contributed by atoms with Crippen LogP contribution in [0, 0.1) is 0 Å². The lowest BCUT2D eigenvalue weighted by molar-refractivity contribution is -0.142. The Bertz CT molecular complexity index is 499. The number of Topliss-reactive ketones (excluding diaryl/α,β-unsaturated/α-hetero) is 1. The molecule has 0 fully saturated rings. The van der Waals surface area contributed by atoms with Crippen molar-refractivity contribution in [1.82, 2.24) is 0 Å².